The van der Waals surface area contributed by atoms with E-state index in [4.69, 9.17) is 0 Å². The van der Waals surface area contributed by atoms with E-state index in [2.05, 4.69) is 30.1 Å². The maximum absolute atomic E-state index is 9.55. The van der Waals surface area contributed by atoms with Crippen molar-refractivity contribution in [2.45, 2.75) is 38.7 Å². The number of aliphatic hydroxyl groups excluding tert-OH is 1. The molecule has 88 valence electrons. The summed E-state index contributed by atoms with van der Waals surface area (Å²) < 4.78 is 0. The molecule has 1 aromatic carbocycles. The minimum absolute atomic E-state index is 0.261. The van der Waals surface area contributed by atoms with Crippen molar-refractivity contribution >= 4 is 5.69 Å². The monoisotopic (exact) mass is 219 g/mol. The van der Waals surface area contributed by atoms with Crippen molar-refractivity contribution in [1.82, 2.24) is 0 Å². The SMILES string of the molecule is CC(O)Cc1cccc2c1N(C)CCCC2. The molecule has 0 saturated carbocycles. The molecule has 1 aliphatic heterocycles. The minimum Gasteiger partial charge on any atom is -0.393 e. The van der Waals surface area contributed by atoms with Gasteiger partial charge in [-0.3, -0.25) is 0 Å². The summed E-state index contributed by atoms with van der Waals surface area (Å²) in [6.45, 7) is 2.99. The fraction of sp³-hybridized carbons (Fsp3) is 0.571. The summed E-state index contributed by atoms with van der Waals surface area (Å²) in [7, 11) is 2.16. The fourth-order valence-electron chi connectivity index (χ4n) is 2.60. The topological polar surface area (TPSA) is 23.5 Å². The van der Waals surface area contributed by atoms with Crippen molar-refractivity contribution in [2.75, 3.05) is 18.5 Å². The molecular weight excluding hydrogens is 198 g/mol. The van der Waals surface area contributed by atoms with Crippen molar-refractivity contribution < 1.29 is 5.11 Å². The van der Waals surface area contributed by atoms with Crippen LogP contribution in [-0.4, -0.2) is 24.8 Å². The Morgan fingerprint density at radius 2 is 2.19 bits per heavy atom. The van der Waals surface area contributed by atoms with E-state index in [-0.39, 0.29) is 6.10 Å². The van der Waals surface area contributed by atoms with E-state index < -0.39 is 0 Å². The van der Waals surface area contributed by atoms with Gasteiger partial charge < -0.3 is 10.0 Å². The van der Waals surface area contributed by atoms with E-state index in [1.54, 1.807) is 0 Å². The van der Waals surface area contributed by atoms with E-state index in [0.29, 0.717) is 0 Å². The van der Waals surface area contributed by atoms with Gasteiger partial charge in [0.1, 0.15) is 0 Å². The van der Waals surface area contributed by atoms with Crippen LogP contribution in [0.1, 0.15) is 30.9 Å². The lowest BCUT2D eigenvalue weighted by molar-refractivity contribution is 0.195. The summed E-state index contributed by atoms with van der Waals surface area (Å²) >= 11 is 0. The highest BCUT2D eigenvalue weighted by molar-refractivity contribution is 5.60. The van der Waals surface area contributed by atoms with Gasteiger partial charge in [-0.1, -0.05) is 18.2 Å². The largest absolute Gasteiger partial charge is 0.393 e. The number of hydrogen-bond donors (Lipinski definition) is 1. The van der Waals surface area contributed by atoms with Gasteiger partial charge in [-0.05, 0) is 37.3 Å². The van der Waals surface area contributed by atoms with Crippen LogP contribution in [0.25, 0.3) is 0 Å². The van der Waals surface area contributed by atoms with Crippen LogP contribution in [0.3, 0.4) is 0 Å². The summed E-state index contributed by atoms with van der Waals surface area (Å²) in [5, 5.41) is 9.55. The van der Waals surface area contributed by atoms with Gasteiger partial charge in [-0.2, -0.15) is 0 Å². The lowest BCUT2D eigenvalue weighted by Crippen LogP contribution is -2.20. The highest BCUT2D eigenvalue weighted by Crippen LogP contribution is 2.29. The molecule has 1 aliphatic rings. The maximum Gasteiger partial charge on any atom is 0.0553 e. The fourth-order valence-corrected chi connectivity index (χ4v) is 2.60. The molecule has 1 N–H and O–H groups in total. The number of benzene rings is 1. The molecule has 0 amide bonds. The zero-order valence-electron chi connectivity index (χ0n) is 10.2. The lowest BCUT2D eigenvalue weighted by Gasteiger charge is -2.23. The first kappa shape index (κ1) is 11.5. The van der Waals surface area contributed by atoms with E-state index in [1.165, 1.54) is 36.1 Å². The maximum atomic E-state index is 9.55. The Bertz CT molecular complexity index is 360. The Balaban J connectivity index is 2.38. The van der Waals surface area contributed by atoms with E-state index in [0.717, 1.165) is 13.0 Å². The quantitative estimate of drug-likeness (QED) is 0.825. The van der Waals surface area contributed by atoms with Gasteiger partial charge in [0.25, 0.3) is 0 Å². The Morgan fingerprint density at radius 3 is 2.94 bits per heavy atom. The van der Waals surface area contributed by atoms with Crippen LogP contribution in [0, 0.1) is 0 Å². The van der Waals surface area contributed by atoms with Crippen LogP contribution >= 0.6 is 0 Å². The summed E-state index contributed by atoms with van der Waals surface area (Å²) in [5.41, 5.74) is 4.09. The third-order valence-corrected chi connectivity index (χ3v) is 3.29. The summed E-state index contributed by atoms with van der Waals surface area (Å²) in [5.74, 6) is 0. The highest BCUT2D eigenvalue weighted by Gasteiger charge is 2.16. The first-order chi connectivity index (χ1) is 7.68. The van der Waals surface area contributed by atoms with Crippen LogP contribution in [0.2, 0.25) is 0 Å². The average Bonchev–Trinajstić information content (AvgIpc) is 2.41. The molecule has 2 rings (SSSR count). The zero-order chi connectivity index (χ0) is 11.5. The number of para-hydroxylation sites is 1. The van der Waals surface area contributed by atoms with Gasteiger partial charge in [0, 0.05) is 25.7 Å². The number of aliphatic hydroxyl groups is 1. The molecule has 0 bridgehead atoms. The first-order valence-electron chi connectivity index (χ1n) is 6.18. The standard InChI is InChI=1S/C14H21NO/c1-11(16)10-13-8-5-7-12-6-3-4-9-15(2)14(12)13/h5,7-8,11,16H,3-4,6,9-10H2,1-2H3. The van der Waals surface area contributed by atoms with Gasteiger partial charge in [0.15, 0.2) is 0 Å². The van der Waals surface area contributed by atoms with Gasteiger partial charge in [0.2, 0.25) is 0 Å². The second-order valence-electron chi connectivity index (χ2n) is 4.86. The van der Waals surface area contributed by atoms with Crippen molar-refractivity contribution in [3.05, 3.63) is 29.3 Å². The van der Waals surface area contributed by atoms with Crippen LogP contribution in [0.15, 0.2) is 18.2 Å². The van der Waals surface area contributed by atoms with Crippen molar-refractivity contribution in [2.24, 2.45) is 0 Å². The predicted octanol–water partition coefficient (Wildman–Crippen LogP) is 2.38. The predicted molar refractivity (Wildman–Crippen MR) is 68.0 cm³/mol. The van der Waals surface area contributed by atoms with Gasteiger partial charge in [-0.25, -0.2) is 0 Å². The van der Waals surface area contributed by atoms with E-state index in [9.17, 15) is 5.11 Å². The average molecular weight is 219 g/mol. The first-order valence-corrected chi connectivity index (χ1v) is 6.18. The molecule has 1 heterocycles. The summed E-state index contributed by atoms with van der Waals surface area (Å²) in [4.78, 5) is 2.35. The number of fused-ring (bicyclic) bond motifs is 1. The zero-order valence-corrected chi connectivity index (χ0v) is 10.2. The smallest absolute Gasteiger partial charge is 0.0553 e. The summed E-state index contributed by atoms with van der Waals surface area (Å²) in [6.07, 6.45) is 4.21. The summed E-state index contributed by atoms with van der Waals surface area (Å²) in [6, 6.07) is 6.49. The second kappa shape index (κ2) is 4.88. The number of nitrogens with zero attached hydrogens (tertiary/aromatic N) is 1. The van der Waals surface area contributed by atoms with E-state index in [1.807, 2.05) is 6.92 Å². The van der Waals surface area contributed by atoms with Gasteiger partial charge in [0.05, 0.1) is 6.10 Å². The molecule has 0 radical (unpaired) electrons. The minimum atomic E-state index is -0.261. The van der Waals surface area contributed by atoms with Gasteiger partial charge in [-0.15, -0.1) is 0 Å². The van der Waals surface area contributed by atoms with Crippen molar-refractivity contribution in [3.63, 3.8) is 0 Å². The highest BCUT2D eigenvalue weighted by atomic mass is 16.3. The number of hydrogen-bond acceptors (Lipinski definition) is 2. The molecule has 16 heavy (non-hydrogen) atoms. The van der Waals surface area contributed by atoms with Crippen molar-refractivity contribution in [3.8, 4) is 0 Å². The molecule has 1 unspecified atom stereocenters. The molecule has 0 aromatic heterocycles. The number of aryl methyl sites for hydroxylation is 1. The third kappa shape index (κ3) is 2.38. The normalized spacial score (nSPS) is 17.8. The Kier molecular flexibility index (Phi) is 3.49. The number of anilines is 1. The molecular formula is C14H21NO. The van der Waals surface area contributed by atoms with Crippen LogP contribution in [0.4, 0.5) is 5.69 Å². The van der Waals surface area contributed by atoms with Crippen molar-refractivity contribution in [1.29, 1.82) is 0 Å². The molecule has 1 atom stereocenters. The Hall–Kier alpha value is -1.02. The number of rotatable bonds is 2. The second-order valence-corrected chi connectivity index (χ2v) is 4.86. The van der Waals surface area contributed by atoms with E-state index >= 15 is 0 Å². The van der Waals surface area contributed by atoms with Gasteiger partial charge >= 0.3 is 0 Å². The third-order valence-electron chi connectivity index (χ3n) is 3.29. The molecule has 2 nitrogen and oxygen atoms in total. The Labute approximate surface area is 97.9 Å². The van der Waals surface area contributed by atoms with Crippen LogP contribution in [-0.2, 0) is 12.8 Å². The molecule has 0 aliphatic carbocycles. The van der Waals surface area contributed by atoms with Crippen LogP contribution < -0.4 is 4.90 Å². The lowest BCUT2D eigenvalue weighted by atomic mass is 9.99. The molecule has 1 aromatic rings. The molecule has 0 saturated heterocycles. The molecule has 2 heteroatoms. The molecule has 0 spiro atoms. The Morgan fingerprint density at radius 1 is 1.38 bits per heavy atom. The van der Waals surface area contributed by atoms with Crippen LogP contribution in [0.5, 0.6) is 0 Å². The molecule has 0 fully saturated rings.